The molecule has 0 unspecified atom stereocenters. The van der Waals surface area contributed by atoms with E-state index in [1.165, 1.54) is 11.3 Å². The summed E-state index contributed by atoms with van der Waals surface area (Å²) in [5.74, 6) is 0.629. The Morgan fingerprint density at radius 1 is 1.20 bits per heavy atom. The zero-order valence-electron chi connectivity index (χ0n) is 19.4. The van der Waals surface area contributed by atoms with E-state index in [1.807, 2.05) is 73.8 Å². The first-order valence-electron chi connectivity index (χ1n) is 11.1. The van der Waals surface area contributed by atoms with E-state index < -0.39 is 0 Å². The number of carbonyl (C=O) groups is 1. The van der Waals surface area contributed by atoms with Crippen LogP contribution in [0.3, 0.4) is 0 Å². The molecule has 0 aliphatic carbocycles. The van der Waals surface area contributed by atoms with Crippen molar-refractivity contribution < 1.29 is 14.6 Å². The molecule has 1 amide bonds. The fourth-order valence-electron chi connectivity index (χ4n) is 3.90. The second-order valence-electron chi connectivity index (χ2n) is 8.40. The van der Waals surface area contributed by atoms with Crippen molar-refractivity contribution in [3.8, 4) is 22.8 Å². The zero-order valence-corrected chi connectivity index (χ0v) is 20.2. The molecule has 2 heterocycles. The molecule has 0 bridgehead atoms. The van der Waals surface area contributed by atoms with Crippen molar-refractivity contribution in [1.82, 2.24) is 4.68 Å². The van der Waals surface area contributed by atoms with Gasteiger partial charge in [-0.2, -0.15) is 5.10 Å². The van der Waals surface area contributed by atoms with Crippen molar-refractivity contribution in [2.75, 3.05) is 18.5 Å². The highest BCUT2D eigenvalue weighted by atomic mass is 32.1. The average molecular weight is 485 g/mol. The number of amides is 1. The molecular formula is C27H24N4O3S. The number of carbonyl (C=O) groups excluding carboxylic acids is 1. The summed E-state index contributed by atoms with van der Waals surface area (Å²) in [5.41, 5.74) is 4.49. The summed E-state index contributed by atoms with van der Waals surface area (Å²) in [6, 6.07) is 17.2. The first-order chi connectivity index (χ1) is 16.9. The molecule has 1 aliphatic rings. The highest BCUT2D eigenvalue weighted by Crippen LogP contribution is 2.33. The van der Waals surface area contributed by atoms with E-state index >= 15 is 0 Å². The number of rotatable bonds is 5. The normalized spacial score (nSPS) is 13.9. The van der Waals surface area contributed by atoms with Crippen molar-refractivity contribution in [2.24, 2.45) is 10.1 Å². The molecule has 0 saturated carbocycles. The molecule has 7 nitrogen and oxygen atoms in total. The number of hydrogen-bond acceptors (Lipinski definition) is 6. The van der Waals surface area contributed by atoms with Gasteiger partial charge in [0.15, 0.2) is 6.61 Å². The minimum Gasteiger partial charge on any atom is -0.507 e. The maximum Gasteiger partial charge on any atom is 0.262 e. The summed E-state index contributed by atoms with van der Waals surface area (Å²) in [5, 5.41) is 22.4. The van der Waals surface area contributed by atoms with Gasteiger partial charge in [-0.25, -0.2) is 4.68 Å². The third-order valence-electron chi connectivity index (χ3n) is 5.62. The Bertz CT molecular complexity index is 1580. The molecule has 4 aromatic rings. The van der Waals surface area contributed by atoms with Gasteiger partial charge in [-0.15, -0.1) is 11.3 Å². The van der Waals surface area contributed by atoms with Crippen LogP contribution >= 0.6 is 11.3 Å². The minimum absolute atomic E-state index is 0.00741. The number of nitrogens with zero attached hydrogens (tertiary/aromatic N) is 3. The largest absolute Gasteiger partial charge is 0.507 e. The fourth-order valence-corrected chi connectivity index (χ4v) is 4.73. The zero-order chi connectivity index (χ0) is 24.5. The maximum atomic E-state index is 11.8. The summed E-state index contributed by atoms with van der Waals surface area (Å²) in [6.45, 7) is 8.22. The fraction of sp³-hybridized carbons (Fsp3) is 0.148. The van der Waals surface area contributed by atoms with Crippen LogP contribution in [0.1, 0.15) is 19.4 Å². The van der Waals surface area contributed by atoms with Crippen molar-refractivity contribution in [1.29, 1.82) is 0 Å². The van der Waals surface area contributed by atoms with E-state index in [1.54, 1.807) is 4.68 Å². The molecule has 8 heteroatoms. The lowest BCUT2D eigenvalue weighted by atomic mass is 10.0. The van der Waals surface area contributed by atoms with Crippen molar-refractivity contribution in [2.45, 2.75) is 13.8 Å². The molecule has 0 fully saturated rings. The standard InChI is InChI=1S/C27H24N4O3S/c1-16(2)13-28-27-31(30-17(3)20-10-8-18-6-4-5-7-21(18)26(20)33)23(15-35-27)19-9-11-24-22(12-19)29-25(32)14-34-24/h4-12,15,33H,1,13-14H2,2-3H3,(H,29,32). The number of ether oxygens (including phenoxy) is 1. The third kappa shape index (κ3) is 4.48. The molecule has 0 atom stereocenters. The number of aromatic nitrogens is 1. The van der Waals surface area contributed by atoms with Gasteiger partial charge in [0.1, 0.15) is 11.5 Å². The molecule has 0 saturated heterocycles. The molecule has 0 spiro atoms. The minimum atomic E-state index is -0.189. The van der Waals surface area contributed by atoms with Crippen molar-refractivity contribution in [3.05, 3.63) is 82.5 Å². The molecule has 1 aliphatic heterocycles. The van der Waals surface area contributed by atoms with Gasteiger partial charge in [0.05, 0.1) is 23.6 Å². The number of phenols is 1. The first kappa shape index (κ1) is 22.6. The van der Waals surface area contributed by atoms with Crippen molar-refractivity contribution >= 4 is 39.4 Å². The van der Waals surface area contributed by atoms with E-state index in [-0.39, 0.29) is 18.3 Å². The lowest BCUT2D eigenvalue weighted by Gasteiger charge is -2.18. The molecule has 3 aromatic carbocycles. The third-order valence-corrected chi connectivity index (χ3v) is 6.47. The van der Waals surface area contributed by atoms with Gasteiger partial charge >= 0.3 is 0 Å². The number of hydrogen-bond donors (Lipinski definition) is 2. The molecule has 176 valence electrons. The summed E-state index contributed by atoms with van der Waals surface area (Å²) in [7, 11) is 0. The Morgan fingerprint density at radius 3 is 2.86 bits per heavy atom. The maximum absolute atomic E-state index is 11.8. The highest BCUT2D eigenvalue weighted by molar-refractivity contribution is 7.07. The van der Waals surface area contributed by atoms with E-state index in [4.69, 9.17) is 9.84 Å². The van der Waals surface area contributed by atoms with Gasteiger partial charge in [-0.05, 0) is 43.5 Å². The van der Waals surface area contributed by atoms with E-state index in [0.717, 1.165) is 27.6 Å². The van der Waals surface area contributed by atoms with Crippen LogP contribution in [0.25, 0.3) is 22.0 Å². The average Bonchev–Trinajstić information content (AvgIpc) is 3.24. The van der Waals surface area contributed by atoms with Crippen LogP contribution in [0.15, 0.2) is 82.2 Å². The molecular weight excluding hydrogens is 460 g/mol. The Labute approximate surface area is 206 Å². The topological polar surface area (TPSA) is 88.2 Å². The summed E-state index contributed by atoms with van der Waals surface area (Å²) in [6.07, 6.45) is 0. The number of fused-ring (bicyclic) bond motifs is 2. The van der Waals surface area contributed by atoms with E-state index in [2.05, 4.69) is 16.9 Å². The van der Waals surface area contributed by atoms with Gasteiger partial charge in [-0.3, -0.25) is 9.79 Å². The lowest BCUT2D eigenvalue weighted by molar-refractivity contribution is -0.118. The molecule has 35 heavy (non-hydrogen) atoms. The predicted octanol–water partition coefficient (Wildman–Crippen LogP) is 5.16. The van der Waals surface area contributed by atoms with Gasteiger partial charge in [0, 0.05) is 21.9 Å². The summed E-state index contributed by atoms with van der Waals surface area (Å²) >= 11 is 1.46. The molecule has 5 rings (SSSR count). The van der Waals surface area contributed by atoms with Crippen LogP contribution in [-0.2, 0) is 4.79 Å². The second kappa shape index (κ2) is 9.23. The number of thiazole rings is 1. The Kier molecular flexibility index (Phi) is 5.96. The SMILES string of the molecule is C=C(C)CN=c1scc(-c2ccc3c(c2)NC(=O)CO3)n1N=C(C)c1ccc2ccccc2c1O. The van der Waals surface area contributed by atoms with Gasteiger partial charge < -0.3 is 15.2 Å². The quantitative estimate of drug-likeness (QED) is 0.303. The van der Waals surface area contributed by atoms with Gasteiger partial charge in [-0.1, -0.05) is 42.5 Å². The summed E-state index contributed by atoms with van der Waals surface area (Å²) in [4.78, 5) is 17.2. The highest BCUT2D eigenvalue weighted by Gasteiger charge is 2.18. The Morgan fingerprint density at radius 2 is 2.03 bits per heavy atom. The van der Waals surface area contributed by atoms with Crippen molar-refractivity contribution in [3.63, 3.8) is 0 Å². The predicted molar refractivity (Wildman–Crippen MR) is 140 cm³/mol. The monoisotopic (exact) mass is 484 g/mol. The second-order valence-corrected chi connectivity index (χ2v) is 9.24. The Balaban J connectivity index is 1.65. The smallest absolute Gasteiger partial charge is 0.262 e. The number of aromatic hydroxyl groups is 1. The van der Waals surface area contributed by atoms with Crippen LogP contribution in [0.4, 0.5) is 5.69 Å². The van der Waals surface area contributed by atoms with Gasteiger partial charge in [0.25, 0.3) is 5.91 Å². The van der Waals surface area contributed by atoms with Crippen LogP contribution in [0.5, 0.6) is 11.5 Å². The number of phenolic OH excluding ortho intramolecular Hbond substituents is 1. The van der Waals surface area contributed by atoms with Gasteiger partial charge in [0.2, 0.25) is 4.80 Å². The number of benzene rings is 3. The Hall–Kier alpha value is -4.17. The van der Waals surface area contributed by atoms with Crippen LogP contribution < -0.4 is 14.9 Å². The number of anilines is 1. The van der Waals surface area contributed by atoms with Crippen LogP contribution in [0, 0.1) is 0 Å². The first-order valence-corrected chi connectivity index (χ1v) is 12.0. The number of nitrogens with one attached hydrogen (secondary N) is 1. The van der Waals surface area contributed by atoms with Crippen LogP contribution in [0.2, 0.25) is 0 Å². The molecule has 0 radical (unpaired) electrons. The van der Waals surface area contributed by atoms with E-state index in [9.17, 15) is 9.90 Å². The molecule has 2 N–H and O–H groups in total. The summed E-state index contributed by atoms with van der Waals surface area (Å²) < 4.78 is 7.27. The van der Waals surface area contributed by atoms with E-state index in [0.29, 0.717) is 34.1 Å². The molecule has 1 aromatic heterocycles. The lowest BCUT2D eigenvalue weighted by Crippen LogP contribution is -2.25. The van der Waals surface area contributed by atoms with Crippen LogP contribution in [-0.4, -0.2) is 34.6 Å².